The average Bonchev–Trinajstić information content (AvgIpc) is 3.04. The summed E-state index contributed by atoms with van der Waals surface area (Å²) in [7, 11) is 0. The van der Waals surface area contributed by atoms with Crippen LogP contribution in [0.25, 0.3) is 10.9 Å². The molecule has 1 aliphatic rings. The predicted octanol–water partition coefficient (Wildman–Crippen LogP) is 4.15. The molecule has 0 spiro atoms. The van der Waals surface area contributed by atoms with E-state index in [0.717, 1.165) is 6.04 Å². The maximum Gasteiger partial charge on any atom is 0.0456 e. The Hall–Kier alpha value is -1.28. The molecule has 3 rings (SSSR count). The number of hydrogen-bond acceptors (Lipinski definition) is 1. The molecule has 20 heavy (non-hydrogen) atoms. The van der Waals surface area contributed by atoms with Gasteiger partial charge in [-0.25, -0.2) is 0 Å². The zero-order valence-electron chi connectivity index (χ0n) is 12.9. The summed E-state index contributed by atoms with van der Waals surface area (Å²) in [6.07, 6.45) is 7.31. The Kier molecular flexibility index (Phi) is 3.59. The third kappa shape index (κ3) is 2.76. The summed E-state index contributed by atoms with van der Waals surface area (Å²) in [4.78, 5) is 3.42. The minimum absolute atomic E-state index is 0.218. The van der Waals surface area contributed by atoms with Crippen LogP contribution in [0.2, 0.25) is 0 Å². The fourth-order valence-electron chi connectivity index (χ4n) is 3.18. The second-order valence-corrected chi connectivity index (χ2v) is 7.16. The molecule has 1 saturated heterocycles. The summed E-state index contributed by atoms with van der Waals surface area (Å²) in [5.74, 6) is 0. The van der Waals surface area contributed by atoms with Crippen molar-refractivity contribution in [3.8, 4) is 0 Å². The average molecular weight is 270 g/mol. The van der Waals surface area contributed by atoms with Gasteiger partial charge in [-0.1, -0.05) is 26.8 Å². The first kappa shape index (κ1) is 13.7. The van der Waals surface area contributed by atoms with Crippen LogP contribution in [0.15, 0.2) is 24.4 Å². The van der Waals surface area contributed by atoms with Crippen LogP contribution < -0.4 is 5.32 Å². The van der Waals surface area contributed by atoms with Gasteiger partial charge in [0.25, 0.3) is 0 Å². The van der Waals surface area contributed by atoms with E-state index in [0.29, 0.717) is 0 Å². The Labute approximate surface area is 122 Å². The number of fused-ring (bicyclic) bond motifs is 1. The predicted molar refractivity (Wildman–Crippen MR) is 86.3 cm³/mol. The van der Waals surface area contributed by atoms with Gasteiger partial charge in [-0.3, -0.25) is 0 Å². The molecule has 0 saturated carbocycles. The fraction of sp³-hybridized carbons (Fsp3) is 0.556. The zero-order valence-corrected chi connectivity index (χ0v) is 12.9. The molecule has 0 bridgehead atoms. The second-order valence-electron chi connectivity index (χ2n) is 7.16. The van der Waals surface area contributed by atoms with Gasteiger partial charge in [-0.2, -0.15) is 0 Å². The maximum absolute atomic E-state index is 3.59. The summed E-state index contributed by atoms with van der Waals surface area (Å²) < 4.78 is 0. The van der Waals surface area contributed by atoms with Crippen molar-refractivity contribution in [2.45, 2.75) is 57.9 Å². The lowest BCUT2D eigenvalue weighted by molar-refractivity contribution is 0.560. The van der Waals surface area contributed by atoms with Crippen LogP contribution in [0.5, 0.6) is 0 Å². The number of benzene rings is 1. The van der Waals surface area contributed by atoms with Gasteiger partial charge in [0.2, 0.25) is 0 Å². The molecule has 1 aromatic carbocycles. The van der Waals surface area contributed by atoms with Crippen molar-refractivity contribution in [2.24, 2.45) is 0 Å². The normalized spacial score (nSPS) is 19.9. The number of hydrogen-bond donors (Lipinski definition) is 2. The first-order chi connectivity index (χ1) is 9.54. The van der Waals surface area contributed by atoms with Crippen LogP contribution in [-0.4, -0.2) is 17.6 Å². The lowest BCUT2D eigenvalue weighted by atomic mass is 9.86. The minimum Gasteiger partial charge on any atom is -0.361 e. The van der Waals surface area contributed by atoms with E-state index >= 15 is 0 Å². The topological polar surface area (TPSA) is 27.8 Å². The fourth-order valence-corrected chi connectivity index (χ4v) is 3.18. The summed E-state index contributed by atoms with van der Waals surface area (Å²) in [6, 6.07) is 7.59. The molecule has 1 fully saturated rings. The number of nitrogens with one attached hydrogen (secondary N) is 2. The monoisotopic (exact) mass is 270 g/mol. The third-order valence-electron chi connectivity index (χ3n) is 4.56. The van der Waals surface area contributed by atoms with E-state index < -0.39 is 0 Å². The van der Waals surface area contributed by atoms with Crippen molar-refractivity contribution in [1.29, 1.82) is 0 Å². The largest absolute Gasteiger partial charge is 0.361 e. The standard InChI is InChI=1S/C18H26N2/c1-18(2,3)14-7-9-17-16(11-14)13(12-20-17)6-8-15-5-4-10-19-15/h7,9,11-12,15,19-20H,4-6,8,10H2,1-3H3. The highest BCUT2D eigenvalue weighted by molar-refractivity contribution is 5.84. The molecule has 2 aromatic rings. The number of H-pyrrole nitrogens is 1. The lowest BCUT2D eigenvalue weighted by Crippen LogP contribution is -2.21. The molecule has 2 nitrogen and oxygen atoms in total. The molecule has 1 aliphatic heterocycles. The molecule has 108 valence electrons. The smallest absolute Gasteiger partial charge is 0.0456 e. The van der Waals surface area contributed by atoms with E-state index in [1.54, 1.807) is 0 Å². The van der Waals surface area contributed by atoms with Gasteiger partial charge in [0.1, 0.15) is 0 Å². The van der Waals surface area contributed by atoms with E-state index in [4.69, 9.17) is 0 Å². The summed E-state index contributed by atoms with van der Waals surface area (Å²) in [5.41, 5.74) is 4.38. The molecular weight excluding hydrogens is 244 g/mol. The summed E-state index contributed by atoms with van der Waals surface area (Å²) in [5, 5.41) is 5.00. The van der Waals surface area contributed by atoms with Gasteiger partial charge in [0, 0.05) is 23.1 Å². The second kappa shape index (κ2) is 5.25. The zero-order chi connectivity index (χ0) is 14.2. The number of rotatable bonds is 3. The highest BCUT2D eigenvalue weighted by Crippen LogP contribution is 2.28. The first-order valence-electron chi connectivity index (χ1n) is 7.88. The van der Waals surface area contributed by atoms with Crippen LogP contribution >= 0.6 is 0 Å². The van der Waals surface area contributed by atoms with Gasteiger partial charge in [-0.15, -0.1) is 0 Å². The number of aromatic amines is 1. The Morgan fingerprint density at radius 2 is 2.10 bits per heavy atom. The van der Waals surface area contributed by atoms with Crippen LogP contribution in [-0.2, 0) is 11.8 Å². The van der Waals surface area contributed by atoms with Gasteiger partial charge < -0.3 is 10.3 Å². The van der Waals surface area contributed by atoms with Crippen LogP contribution in [0.3, 0.4) is 0 Å². The van der Waals surface area contributed by atoms with E-state index in [-0.39, 0.29) is 5.41 Å². The Bertz CT molecular complexity index is 583. The van der Waals surface area contributed by atoms with Crippen LogP contribution in [0.1, 0.15) is 51.2 Å². The van der Waals surface area contributed by atoms with Gasteiger partial charge in [-0.05, 0) is 60.9 Å². The van der Waals surface area contributed by atoms with Crippen LogP contribution in [0.4, 0.5) is 0 Å². The SMILES string of the molecule is CC(C)(C)c1ccc2[nH]cc(CCC3CCCN3)c2c1. The van der Waals surface area contributed by atoms with Crippen molar-refractivity contribution in [3.05, 3.63) is 35.5 Å². The molecule has 2 N–H and O–H groups in total. The highest BCUT2D eigenvalue weighted by atomic mass is 14.9. The van der Waals surface area contributed by atoms with Crippen molar-refractivity contribution in [2.75, 3.05) is 6.54 Å². The molecule has 1 atom stereocenters. The highest BCUT2D eigenvalue weighted by Gasteiger charge is 2.17. The van der Waals surface area contributed by atoms with Crippen molar-refractivity contribution >= 4 is 10.9 Å². The minimum atomic E-state index is 0.218. The Morgan fingerprint density at radius 1 is 1.25 bits per heavy atom. The molecule has 1 unspecified atom stereocenters. The third-order valence-corrected chi connectivity index (χ3v) is 4.56. The molecular formula is C18H26N2. The summed E-state index contributed by atoms with van der Waals surface area (Å²) in [6.45, 7) is 8.04. The van der Waals surface area contributed by atoms with E-state index in [1.165, 1.54) is 54.3 Å². The Balaban J connectivity index is 1.83. The van der Waals surface area contributed by atoms with E-state index in [2.05, 4.69) is 55.5 Å². The van der Waals surface area contributed by atoms with Gasteiger partial charge in [0.15, 0.2) is 0 Å². The van der Waals surface area contributed by atoms with Crippen molar-refractivity contribution in [1.82, 2.24) is 10.3 Å². The van der Waals surface area contributed by atoms with Crippen molar-refractivity contribution < 1.29 is 0 Å². The van der Waals surface area contributed by atoms with E-state index in [1.807, 2.05) is 0 Å². The molecule has 0 aliphatic carbocycles. The van der Waals surface area contributed by atoms with Crippen LogP contribution in [0, 0.1) is 0 Å². The first-order valence-corrected chi connectivity index (χ1v) is 7.88. The lowest BCUT2D eigenvalue weighted by Gasteiger charge is -2.19. The molecule has 0 amide bonds. The molecule has 2 heterocycles. The molecule has 0 radical (unpaired) electrons. The summed E-state index contributed by atoms with van der Waals surface area (Å²) >= 11 is 0. The number of aromatic nitrogens is 1. The van der Waals surface area contributed by atoms with Gasteiger partial charge in [0.05, 0.1) is 0 Å². The molecule has 1 aromatic heterocycles. The quantitative estimate of drug-likeness (QED) is 0.861. The molecule has 2 heteroatoms. The maximum atomic E-state index is 3.59. The Morgan fingerprint density at radius 3 is 2.80 bits per heavy atom. The van der Waals surface area contributed by atoms with E-state index in [9.17, 15) is 0 Å². The van der Waals surface area contributed by atoms with Crippen molar-refractivity contribution in [3.63, 3.8) is 0 Å². The number of aryl methyl sites for hydroxylation is 1. The van der Waals surface area contributed by atoms with Gasteiger partial charge >= 0.3 is 0 Å².